The lowest BCUT2D eigenvalue weighted by Crippen LogP contribution is -2.35. The van der Waals surface area contributed by atoms with Crippen LogP contribution in [0, 0.1) is 17.3 Å². The number of carbonyl (C=O) groups excluding carboxylic acids is 1. The zero-order chi connectivity index (χ0) is 13.9. The summed E-state index contributed by atoms with van der Waals surface area (Å²) < 4.78 is 0. The number of aromatic nitrogens is 1. The van der Waals surface area contributed by atoms with E-state index in [-0.39, 0.29) is 11.3 Å². The zero-order valence-corrected chi connectivity index (χ0v) is 12.6. The molecule has 1 aliphatic rings. The fraction of sp³-hybridized carbons (Fsp3) is 0.600. The van der Waals surface area contributed by atoms with E-state index in [2.05, 4.69) is 37.6 Å². The van der Waals surface area contributed by atoms with E-state index >= 15 is 0 Å². The third-order valence-corrected chi connectivity index (χ3v) is 3.80. The van der Waals surface area contributed by atoms with Crippen molar-refractivity contribution in [2.24, 2.45) is 5.41 Å². The summed E-state index contributed by atoms with van der Waals surface area (Å²) in [4.78, 5) is 19.1. The first-order valence-electron chi connectivity index (χ1n) is 6.74. The molecule has 19 heavy (non-hydrogen) atoms. The van der Waals surface area contributed by atoms with Crippen LogP contribution in [0.15, 0.2) is 6.20 Å². The first-order valence-corrected chi connectivity index (χ1v) is 7.56. The Labute approximate surface area is 119 Å². The van der Waals surface area contributed by atoms with Crippen LogP contribution in [0.4, 0.5) is 0 Å². The minimum Gasteiger partial charge on any atom is -0.338 e. The van der Waals surface area contributed by atoms with Crippen LogP contribution in [0.5, 0.6) is 0 Å². The van der Waals surface area contributed by atoms with Gasteiger partial charge in [-0.25, -0.2) is 4.98 Å². The summed E-state index contributed by atoms with van der Waals surface area (Å²) in [5, 5.41) is 0.732. The monoisotopic (exact) mass is 276 g/mol. The first-order chi connectivity index (χ1) is 8.96. The summed E-state index contributed by atoms with van der Waals surface area (Å²) in [6.45, 7) is 7.94. The Morgan fingerprint density at radius 1 is 1.32 bits per heavy atom. The summed E-state index contributed by atoms with van der Waals surface area (Å²) in [6, 6.07) is 0. The molecule has 1 aliphatic heterocycles. The molecule has 0 saturated carbocycles. The summed E-state index contributed by atoms with van der Waals surface area (Å²) in [5.41, 5.74) is -0.0390. The third kappa shape index (κ3) is 4.07. The van der Waals surface area contributed by atoms with Crippen LogP contribution in [0.25, 0.3) is 0 Å². The molecule has 0 atom stereocenters. The van der Waals surface area contributed by atoms with Crippen molar-refractivity contribution in [3.8, 4) is 11.8 Å². The highest BCUT2D eigenvalue weighted by Gasteiger charge is 2.20. The van der Waals surface area contributed by atoms with Crippen molar-refractivity contribution in [3.63, 3.8) is 0 Å². The van der Waals surface area contributed by atoms with E-state index in [4.69, 9.17) is 0 Å². The molecule has 0 spiro atoms. The standard InChI is InChI=1S/C15H20N2OS/c1-15(2,3)8-7-13-16-11-12(19-13)14(18)17-9-5-4-6-10-17/h11H,4-6,9-10H2,1-3H3. The van der Waals surface area contributed by atoms with Crippen molar-refractivity contribution < 1.29 is 4.79 Å². The van der Waals surface area contributed by atoms with Crippen LogP contribution < -0.4 is 0 Å². The molecular weight excluding hydrogens is 256 g/mol. The Kier molecular flexibility index (Phi) is 4.26. The fourth-order valence-corrected chi connectivity index (χ4v) is 2.66. The number of piperidine rings is 1. The van der Waals surface area contributed by atoms with Crippen LogP contribution in [0.3, 0.4) is 0 Å². The number of thiazole rings is 1. The Bertz CT molecular complexity index is 510. The summed E-state index contributed by atoms with van der Waals surface area (Å²) in [5.74, 6) is 6.30. The van der Waals surface area contributed by atoms with Gasteiger partial charge < -0.3 is 4.90 Å². The quantitative estimate of drug-likeness (QED) is 0.738. The average Bonchev–Trinajstić information content (AvgIpc) is 2.84. The van der Waals surface area contributed by atoms with Crippen molar-refractivity contribution in [1.82, 2.24) is 9.88 Å². The molecule has 2 heterocycles. The van der Waals surface area contributed by atoms with Crippen LogP contribution in [-0.4, -0.2) is 28.9 Å². The highest BCUT2D eigenvalue weighted by Crippen LogP contribution is 2.18. The normalized spacial score (nSPS) is 15.8. The second kappa shape index (κ2) is 5.75. The van der Waals surface area contributed by atoms with E-state index in [0.717, 1.165) is 30.9 Å². The van der Waals surface area contributed by atoms with Crippen LogP contribution in [0.2, 0.25) is 0 Å². The number of carbonyl (C=O) groups is 1. The number of rotatable bonds is 1. The first kappa shape index (κ1) is 14.1. The van der Waals surface area contributed by atoms with Gasteiger partial charge in [-0.3, -0.25) is 4.79 Å². The van der Waals surface area contributed by atoms with Gasteiger partial charge in [0.15, 0.2) is 5.01 Å². The Morgan fingerprint density at radius 2 is 2.00 bits per heavy atom. The Hall–Kier alpha value is -1.34. The highest BCUT2D eigenvalue weighted by molar-refractivity contribution is 7.14. The number of hydrogen-bond donors (Lipinski definition) is 0. The van der Waals surface area contributed by atoms with Gasteiger partial charge in [0.2, 0.25) is 0 Å². The second-order valence-electron chi connectivity index (χ2n) is 5.88. The average molecular weight is 276 g/mol. The predicted molar refractivity (Wildman–Crippen MR) is 78.2 cm³/mol. The largest absolute Gasteiger partial charge is 0.338 e. The lowest BCUT2D eigenvalue weighted by Gasteiger charge is -2.25. The van der Waals surface area contributed by atoms with Crippen LogP contribution in [0.1, 0.15) is 54.7 Å². The van der Waals surface area contributed by atoms with E-state index < -0.39 is 0 Å². The SMILES string of the molecule is CC(C)(C)C#Cc1ncc(C(=O)N2CCCCC2)s1. The van der Waals surface area contributed by atoms with Crippen molar-refractivity contribution in [1.29, 1.82) is 0 Å². The second-order valence-corrected chi connectivity index (χ2v) is 6.91. The maximum Gasteiger partial charge on any atom is 0.265 e. The molecule has 1 aromatic rings. The van der Waals surface area contributed by atoms with Gasteiger partial charge in [0, 0.05) is 18.5 Å². The lowest BCUT2D eigenvalue weighted by molar-refractivity contribution is 0.0729. The van der Waals surface area contributed by atoms with Gasteiger partial charge in [-0.05, 0) is 46.0 Å². The minimum absolute atomic E-state index is 0.0390. The van der Waals surface area contributed by atoms with Gasteiger partial charge in [-0.2, -0.15) is 0 Å². The molecule has 4 heteroatoms. The van der Waals surface area contributed by atoms with E-state index in [9.17, 15) is 4.79 Å². The van der Waals surface area contributed by atoms with E-state index in [1.54, 1.807) is 6.20 Å². The molecule has 0 unspecified atom stereocenters. The third-order valence-electron chi connectivity index (χ3n) is 2.90. The van der Waals surface area contributed by atoms with Gasteiger partial charge >= 0.3 is 0 Å². The molecule has 1 fully saturated rings. The van der Waals surface area contributed by atoms with E-state index in [1.165, 1.54) is 17.8 Å². The molecular formula is C15H20N2OS. The molecule has 1 aromatic heterocycles. The van der Waals surface area contributed by atoms with E-state index in [1.807, 2.05) is 4.90 Å². The molecule has 0 N–H and O–H groups in total. The van der Waals surface area contributed by atoms with Crippen molar-refractivity contribution in [2.75, 3.05) is 13.1 Å². The van der Waals surface area contributed by atoms with Gasteiger partial charge in [0.25, 0.3) is 5.91 Å². The molecule has 2 rings (SSSR count). The molecule has 102 valence electrons. The van der Waals surface area contributed by atoms with E-state index in [0.29, 0.717) is 4.88 Å². The van der Waals surface area contributed by atoms with Gasteiger partial charge in [-0.1, -0.05) is 5.92 Å². The van der Waals surface area contributed by atoms with Crippen molar-refractivity contribution in [3.05, 3.63) is 16.1 Å². The zero-order valence-electron chi connectivity index (χ0n) is 11.8. The predicted octanol–water partition coefficient (Wildman–Crippen LogP) is 3.17. The molecule has 1 amide bonds. The maximum absolute atomic E-state index is 12.3. The summed E-state index contributed by atoms with van der Waals surface area (Å²) in [6.07, 6.45) is 5.12. The highest BCUT2D eigenvalue weighted by atomic mass is 32.1. The number of nitrogens with zero attached hydrogens (tertiary/aromatic N) is 2. The Morgan fingerprint density at radius 3 is 2.63 bits per heavy atom. The van der Waals surface area contributed by atoms with Crippen molar-refractivity contribution in [2.45, 2.75) is 40.0 Å². The van der Waals surface area contributed by atoms with Gasteiger partial charge in [0.1, 0.15) is 4.88 Å². The molecule has 0 radical (unpaired) electrons. The van der Waals surface area contributed by atoms with Crippen LogP contribution >= 0.6 is 11.3 Å². The number of amides is 1. The van der Waals surface area contributed by atoms with Crippen molar-refractivity contribution >= 4 is 17.2 Å². The Balaban J connectivity index is 2.07. The lowest BCUT2D eigenvalue weighted by atomic mass is 9.98. The summed E-state index contributed by atoms with van der Waals surface area (Å²) in [7, 11) is 0. The minimum atomic E-state index is -0.0390. The maximum atomic E-state index is 12.3. The smallest absolute Gasteiger partial charge is 0.265 e. The fourth-order valence-electron chi connectivity index (χ4n) is 1.92. The molecule has 0 bridgehead atoms. The topological polar surface area (TPSA) is 33.2 Å². The molecule has 0 aromatic carbocycles. The van der Waals surface area contributed by atoms with Crippen LogP contribution in [-0.2, 0) is 0 Å². The molecule has 3 nitrogen and oxygen atoms in total. The van der Waals surface area contributed by atoms with Gasteiger partial charge in [-0.15, -0.1) is 11.3 Å². The van der Waals surface area contributed by atoms with Gasteiger partial charge in [0.05, 0.1) is 6.20 Å². The molecule has 1 saturated heterocycles. The molecule has 0 aliphatic carbocycles. The number of hydrogen-bond acceptors (Lipinski definition) is 3. The summed E-state index contributed by atoms with van der Waals surface area (Å²) >= 11 is 1.40. The number of likely N-dealkylation sites (tertiary alicyclic amines) is 1.